The van der Waals surface area contributed by atoms with Crippen LogP contribution in [0.5, 0.6) is 0 Å². The molecule has 9 heteroatoms. The number of nitrogens with zero attached hydrogens (tertiary/aromatic N) is 6. The normalized spacial score (nSPS) is 14.2. The zero-order valence-electron chi connectivity index (χ0n) is 20.5. The smallest absolute Gasteiger partial charge is 0.255 e. The standard InChI is InChI=1S/C28H27N7O2/c1-20-2-7-25(32-28(36)22-5-3-21(4-6-22)17-33-10-12-37-13-11-33)14-26(20)34-18-24(16-31-34)23-15-29-27-8-9-30-35(27)19-23/h2-9,14-16,18-19H,10-13,17H2,1H3,(H,32,36). The fourth-order valence-corrected chi connectivity index (χ4v) is 4.48. The van der Waals surface area contributed by atoms with Crippen LogP contribution in [0.2, 0.25) is 0 Å². The number of aromatic nitrogens is 5. The van der Waals surface area contributed by atoms with Crippen LogP contribution in [0.4, 0.5) is 5.69 Å². The summed E-state index contributed by atoms with van der Waals surface area (Å²) in [5, 5.41) is 11.8. The highest BCUT2D eigenvalue weighted by atomic mass is 16.5. The number of rotatable bonds is 6. The first-order valence-corrected chi connectivity index (χ1v) is 12.3. The summed E-state index contributed by atoms with van der Waals surface area (Å²) >= 11 is 0. The lowest BCUT2D eigenvalue weighted by molar-refractivity contribution is 0.0342. The molecule has 2 aromatic carbocycles. The molecular formula is C28H27N7O2. The van der Waals surface area contributed by atoms with E-state index in [0.717, 1.165) is 60.9 Å². The lowest BCUT2D eigenvalue weighted by Gasteiger charge is -2.26. The Kier molecular flexibility index (Phi) is 6.21. The molecule has 0 spiro atoms. The molecule has 1 aliphatic heterocycles. The van der Waals surface area contributed by atoms with Gasteiger partial charge >= 0.3 is 0 Å². The van der Waals surface area contributed by atoms with E-state index in [1.807, 2.05) is 78.7 Å². The van der Waals surface area contributed by atoms with E-state index >= 15 is 0 Å². The maximum absolute atomic E-state index is 12.9. The lowest BCUT2D eigenvalue weighted by atomic mass is 10.1. The second kappa shape index (κ2) is 9.96. The van der Waals surface area contributed by atoms with Crippen molar-refractivity contribution in [2.24, 2.45) is 0 Å². The number of amides is 1. The maximum Gasteiger partial charge on any atom is 0.255 e. The van der Waals surface area contributed by atoms with Crippen LogP contribution in [0.15, 0.2) is 79.5 Å². The minimum Gasteiger partial charge on any atom is -0.379 e. The molecular weight excluding hydrogens is 466 g/mol. The molecule has 37 heavy (non-hydrogen) atoms. The first kappa shape index (κ1) is 23.1. The maximum atomic E-state index is 12.9. The Morgan fingerprint density at radius 2 is 1.78 bits per heavy atom. The van der Waals surface area contributed by atoms with Gasteiger partial charge < -0.3 is 10.1 Å². The van der Waals surface area contributed by atoms with Crippen molar-refractivity contribution in [3.8, 4) is 16.8 Å². The number of carbonyl (C=O) groups is 1. The Labute approximate surface area is 214 Å². The van der Waals surface area contributed by atoms with Crippen LogP contribution in [0.25, 0.3) is 22.5 Å². The highest BCUT2D eigenvalue weighted by Crippen LogP contribution is 2.24. The van der Waals surface area contributed by atoms with E-state index in [9.17, 15) is 4.79 Å². The molecule has 1 saturated heterocycles. The monoisotopic (exact) mass is 493 g/mol. The highest BCUT2D eigenvalue weighted by Gasteiger charge is 2.13. The second-order valence-electron chi connectivity index (χ2n) is 9.19. The van der Waals surface area contributed by atoms with Crippen LogP contribution in [0.3, 0.4) is 0 Å². The molecule has 6 rings (SSSR count). The van der Waals surface area contributed by atoms with Crippen molar-refractivity contribution in [2.45, 2.75) is 13.5 Å². The predicted octanol–water partition coefficient (Wildman–Crippen LogP) is 3.97. The van der Waals surface area contributed by atoms with Gasteiger partial charge in [-0.1, -0.05) is 18.2 Å². The van der Waals surface area contributed by atoms with E-state index in [1.54, 1.807) is 16.9 Å². The highest BCUT2D eigenvalue weighted by molar-refractivity contribution is 6.04. The Bertz CT molecular complexity index is 1550. The summed E-state index contributed by atoms with van der Waals surface area (Å²) in [5.74, 6) is -0.146. The summed E-state index contributed by atoms with van der Waals surface area (Å²) < 4.78 is 8.97. The van der Waals surface area contributed by atoms with Crippen LogP contribution in [-0.4, -0.2) is 61.5 Å². The second-order valence-corrected chi connectivity index (χ2v) is 9.19. The Morgan fingerprint density at radius 1 is 0.973 bits per heavy atom. The summed E-state index contributed by atoms with van der Waals surface area (Å²) in [7, 11) is 0. The van der Waals surface area contributed by atoms with Gasteiger partial charge in [0.25, 0.3) is 5.91 Å². The number of aryl methyl sites for hydroxylation is 1. The molecule has 0 atom stereocenters. The van der Waals surface area contributed by atoms with Gasteiger partial charge in [-0.15, -0.1) is 0 Å². The number of benzene rings is 2. The fraction of sp³-hybridized carbons (Fsp3) is 0.214. The molecule has 186 valence electrons. The summed E-state index contributed by atoms with van der Waals surface area (Å²) in [5.41, 5.74) is 7.08. The number of morpholine rings is 1. The van der Waals surface area contributed by atoms with Crippen molar-refractivity contribution >= 4 is 17.2 Å². The number of hydrogen-bond donors (Lipinski definition) is 1. The van der Waals surface area contributed by atoms with E-state index in [2.05, 4.69) is 25.4 Å². The number of anilines is 1. The molecule has 1 N–H and O–H groups in total. The number of fused-ring (bicyclic) bond motifs is 1. The van der Waals surface area contributed by atoms with E-state index in [4.69, 9.17) is 4.74 Å². The lowest BCUT2D eigenvalue weighted by Crippen LogP contribution is -2.35. The molecule has 0 aliphatic carbocycles. The average Bonchev–Trinajstić information content (AvgIpc) is 3.60. The van der Waals surface area contributed by atoms with Crippen LogP contribution < -0.4 is 5.32 Å². The van der Waals surface area contributed by atoms with Gasteiger partial charge in [0.05, 0.1) is 31.3 Å². The van der Waals surface area contributed by atoms with Crippen molar-refractivity contribution < 1.29 is 9.53 Å². The Hall–Kier alpha value is -4.34. The van der Waals surface area contributed by atoms with Gasteiger partial charge in [0, 0.05) is 66.7 Å². The third-order valence-electron chi connectivity index (χ3n) is 6.60. The van der Waals surface area contributed by atoms with Crippen molar-refractivity contribution in [1.82, 2.24) is 29.3 Å². The van der Waals surface area contributed by atoms with E-state index in [-0.39, 0.29) is 5.91 Å². The first-order chi connectivity index (χ1) is 18.1. The Balaban J connectivity index is 1.17. The van der Waals surface area contributed by atoms with Crippen LogP contribution >= 0.6 is 0 Å². The van der Waals surface area contributed by atoms with Crippen LogP contribution in [0.1, 0.15) is 21.5 Å². The van der Waals surface area contributed by atoms with Gasteiger partial charge in [0.15, 0.2) is 5.65 Å². The van der Waals surface area contributed by atoms with E-state index in [1.165, 1.54) is 5.56 Å². The molecule has 5 aromatic rings. The molecule has 1 aliphatic rings. The molecule has 0 bridgehead atoms. The van der Waals surface area contributed by atoms with Gasteiger partial charge in [0.2, 0.25) is 0 Å². The number of carbonyl (C=O) groups excluding carboxylic acids is 1. The number of ether oxygens (including phenoxy) is 1. The van der Waals surface area contributed by atoms with Crippen LogP contribution in [0, 0.1) is 6.92 Å². The van der Waals surface area contributed by atoms with Crippen molar-refractivity contribution in [2.75, 3.05) is 31.6 Å². The molecule has 4 heterocycles. The van der Waals surface area contributed by atoms with Crippen molar-refractivity contribution in [1.29, 1.82) is 0 Å². The summed E-state index contributed by atoms with van der Waals surface area (Å²) in [6, 6.07) is 15.5. The van der Waals surface area contributed by atoms with Gasteiger partial charge in [-0.3, -0.25) is 9.69 Å². The fourth-order valence-electron chi connectivity index (χ4n) is 4.48. The average molecular weight is 494 g/mol. The number of hydrogen-bond acceptors (Lipinski definition) is 6. The summed E-state index contributed by atoms with van der Waals surface area (Å²) in [4.78, 5) is 19.7. The molecule has 3 aromatic heterocycles. The first-order valence-electron chi connectivity index (χ1n) is 12.3. The van der Waals surface area contributed by atoms with Crippen molar-refractivity contribution in [3.05, 3.63) is 96.2 Å². The summed E-state index contributed by atoms with van der Waals surface area (Å²) in [6.45, 7) is 6.31. The van der Waals surface area contributed by atoms with Crippen molar-refractivity contribution in [3.63, 3.8) is 0 Å². The predicted molar refractivity (Wildman–Crippen MR) is 141 cm³/mol. The Morgan fingerprint density at radius 3 is 2.62 bits per heavy atom. The molecule has 1 amide bonds. The zero-order valence-corrected chi connectivity index (χ0v) is 20.5. The molecule has 0 unspecified atom stereocenters. The third-order valence-corrected chi connectivity index (χ3v) is 6.60. The minimum atomic E-state index is -0.146. The van der Waals surface area contributed by atoms with E-state index < -0.39 is 0 Å². The third kappa shape index (κ3) is 5.00. The molecule has 0 radical (unpaired) electrons. The minimum absolute atomic E-state index is 0.146. The molecule has 9 nitrogen and oxygen atoms in total. The molecule has 1 fully saturated rings. The summed E-state index contributed by atoms with van der Waals surface area (Å²) in [6.07, 6.45) is 9.22. The van der Waals surface area contributed by atoms with E-state index in [0.29, 0.717) is 11.3 Å². The molecule has 0 saturated carbocycles. The van der Waals surface area contributed by atoms with Gasteiger partial charge in [-0.05, 0) is 42.3 Å². The van der Waals surface area contributed by atoms with Crippen LogP contribution in [-0.2, 0) is 11.3 Å². The topological polar surface area (TPSA) is 89.6 Å². The number of nitrogens with one attached hydrogen (secondary N) is 1. The zero-order chi connectivity index (χ0) is 25.2. The van der Waals surface area contributed by atoms with Gasteiger partial charge in [0.1, 0.15) is 0 Å². The quantitative estimate of drug-likeness (QED) is 0.385. The SMILES string of the molecule is Cc1ccc(NC(=O)c2ccc(CN3CCOCC3)cc2)cc1-n1cc(-c2cnc3ccnn3c2)cn1. The van der Waals surface area contributed by atoms with Gasteiger partial charge in [-0.2, -0.15) is 10.2 Å². The largest absolute Gasteiger partial charge is 0.379 e. The van der Waals surface area contributed by atoms with Gasteiger partial charge in [-0.25, -0.2) is 14.2 Å².